The first-order chi connectivity index (χ1) is 13.4. The predicted molar refractivity (Wildman–Crippen MR) is 101 cm³/mol. The van der Waals surface area contributed by atoms with Gasteiger partial charge in [0, 0.05) is 23.1 Å². The number of ketones is 1. The van der Waals surface area contributed by atoms with E-state index in [0.29, 0.717) is 22.6 Å². The van der Waals surface area contributed by atoms with E-state index < -0.39 is 5.97 Å². The lowest BCUT2D eigenvalue weighted by Gasteiger charge is -2.04. The molecule has 3 aromatic rings. The molecule has 0 aliphatic heterocycles. The molecule has 6 heteroatoms. The van der Waals surface area contributed by atoms with Crippen molar-refractivity contribution in [2.75, 3.05) is 0 Å². The minimum atomic E-state index is -0.480. The van der Waals surface area contributed by atoms with Crippen LogP contribution in [0.5, 0.6) is 0 Å². The van der Waals surface area contributed by atoms with Crippen LogP contribution in [0.2, 0.25) is 0 Å². The van der Waals surface area contributed by atoms with Crippen LogP contribution in [0.25, 0.3) is 11.3 Å². The molecule has 3 rings (SSSR count). The van der Waals surface area contributed by atoms with Crippen LogP contribution in [0.15, 0.2) is 53.1 Å². The average molecular weight is 381 g/mol. The number of benzene rings is 2. The molecule has 1 aromatic heterocycles. The van der Waals surface area contributed by atoms with Gasteiger partial charge in [-0.05, 0) is 38.1 Å². The zero-order valence-electron chi connectivity index (χ0n) is 15.7. The summed E-state index contributed by atoms with van der Waals surface area (Å²) in [7, 11) is 0. The minimum Gasteiger partial charge on any atom is -0.459 e. The molecule has 0 aliphatic carbocycles. The first-order valence-corrected chi connectivity index (χ1v) is 8.90. The molecule has 144 valence electrons. The Bertz CT molecular complexity index is 975. The third kappa shape index (κ3) is 4.71. The fourth-order valence-electron chi connectivity index (χ4n) is 2.69. The standard InChI is InChI=1S/C22H20FNO4/c1-14-3-5-16(6-4-14)20(25)11-12-21(26)27-13-19-15(2)22(28-24-19)17-7-9-18(23)10-8-17/h3-10H,11-13H2,1-2H3. The van der Waals surface area contributed by atoms with Gasteiger partial charge in [-0.2, -0.15) is 0 Å². The van der Waals surface area contributed by atoms with Crippen molar-refractivity contribution in [2.45, 2.75) is 33.3 Å². The highest BCUT2D eigenvalue weighted by Crippen LogP contribution is 2.26. The minimum absolute atomic E-state index is 0.00553. The monoisotopic (exact) mass is 381 g/mol. The lowest BCUT2D eigenvalue weighted by Crippen LogP contribution is -2.09. The average Bonchev–Trinajstić information content (AvgIpc) is 3.06. The highest BCUT2D eigenvalue weighted by molar-refractivity contribution is 5.97. The molecule has 0 bridgehead atoms. The summed E-state index contributed by atoms with van der Waals surface area (Å²) < 4.78 is 23.6. The molecule has 5 nitrogen and oxygen atoms in total. The van der Waals surface area contributed by atoms with Gasteiger partial charge in [-0.15, -0.1) is 0 Å². The SMILES string of the molecule is Cc1ccc(C(=O)CCC(=O)OCc2noc(-c3ccc(F)cc3)c2C)cc1. The number of carbonyl (C=O) groups is 2. The fourth-order valence-corrected chi connectivity index (χ4v) is 2.69. The molecule has 0 atom stereocenters. The van der Waals surface area contributed by atoms with Crippen molar-refractivity contribution in [2.24, 2.45) is 0 Å². The quantitative estimate of drug-likeness (QED) is 0.434. The maximum absolute atomic E-state index is 13.0. The van der Waals surface area contributed by atoms with Crippen LogP contribution in [-0.2, 0) is 16.1 Å². The maximum atomic E-state index is 13.0. The number of Topliss-reactive ketones (excluding diaryl/α,β-unsaturated/α-hetero) is 1. The molecule has 28 heavy (non-hydrogen) atoms. The molecule has 1 heterocycles. The Labute approximate surface area is 162 Å². The van der Waals surface area contributed by atoms with E-state index in [-0.39, 0.29) is 31.0 Å². The third-order valence-electron chi connectivity index (χ3n) is 4.43. The lowest BCUT2D eigenvalue weighted by atomic mass is 10.1. The van der Waals surface area contributed by atoms with Gasteiger partial charge in [0.1, 0.15) is 18.1 Å². The molecule has 0 saturated carbocycles. The van der Waals surface area contributed by atoms with Gasteiger partial charge in [-0.25, -0.2) is 4.39 Å². The number of hydrogen-bond donors (Lipinski definition) is 0. The van der Waals surface area contributed by atoms with E-state index in [1.54, 1.807) is 31.2 Å². The molecule has 0 amide bonds. The Morgan fingerprint density at radius 3 is 2.36 bits per heavy atom. The third-order valence-corrected chi connectivity index (χ3v) is 4.43. The molecular weight excluding hydrogens is 361 g/mol. The van der Waals surface area contributed by atoms with Gasteiger partial charge in [0.2, 0.25) is 0 Å². The number of halogens is 1. The summed E-state index contributed by atoms with van der Waals surface area (Å²) in [5, 5.41) is 3.92. The Kier molecular flexibility index (Phi) is 5.99. The van der Waals surface area contributed by atoms with E-state index in [0.717, 1.165) is 11.1 Å². The lowest BCUT2D eigenvalue weighted by molar-refractivity contribution is -0.145. The van der Waals surface area contributed by atoms with Crippen molar-refractivity contribution >= 4 is 11.8 Å². The van der Waals surface area contributed by atoms with Gasteiger partial charge >= 0.3 is 5.97 Å². The van der Waals surface area contributed by atoms with Gasteiger partial charge < -0.3 is 9.26 Å². The number of nitrogens with zero attached hydrogens (tertiary/aromatic N) is 1. The number of esters is 1. The van der Waals surface area contributed by atoms with E-state index in [1.807, 2.05) is 19.1 Å². The number of hydrogen-bond acceptors (Lipinski definition) is 5. The summed E-state index contributed by atoms with van der Waals surface area (Å²) in [5.41, 5.74) is 3.54. The summed E-state index contributed by atoms with van der Waals surface area (Å²) in [6.07, 6.45) is 0.0783. The first kappa shape index (κ1) is 19.5. The first-order valence-electron chi connectivity index (χ1n) is 8.90. The highest BCUT2D eigenvalue weighted by atomic mass is 19.1. The second-order valence-electron chi connectivity index (χ2n) is 6.54. The van der Waals surface area contributed by atoms with Crippen molar-refractivity contribution in [3.8, 4) is 11.3 Å². The van der Waals surface area contributed by atoms with Crippen LogP contribution in [0, 0.1) is 19.7 Å². The topological polar surface area (TPSA) is 69.4 Å². The smallest absolute Gasteiger partial charge is 0.306 e. The summed E-state index contributed by atoms with van der Waals surface area (Å²) >= 11 is 0. The fraction of sp³-hybridized carbons (Fsp3) is 0.227. The van der Waals surface area contributed by atoms with E-state index >= 15 is 0 Å². The van der Waals surface area contributed by atoms with E-state index in [4.69, 9.17) is 9.26 Å². The van der Waals surface area contributed by atoms with Crippen molar-refractivity contribution in [1.82, 2.24) is 5.16 Å². The summed E-state index contributed by atoms with van der Waals surface area (Å²) in [6.45, 7) is 3.69. The molecule has 0 saturated heterocycles. The maximum Gasteiger partial charge on any atom is 0.306 e. The van der Waals surface area contributed by atoms with Crippen molar-refractivity contribution in [1.29, 1.82) is 0 Å². The Morgan fingerprint density at radius 1 is 1.00 bits per heavy atom. The van der Waals surface area contributed by atoms with Crippen LogP contribution < -0.4 is 0 Å². The molecule has 0 N–H and O–H groups in total. The van der Waals surface area contributed by atoms with Crippen LogP contribution >= 0.6 is 0 Å². The molecule has 2 aromatic carbocycles. The van der Waals surface area contributed by atoms with Gasteiger partial charge in [-0.1, -0.05) is 35.0 Å². The zero-order valence-corrected chi connectivity index (χ0v) is 15.7. The van der Waals surface area contributed by atoms with Gasteiger partial charge in [0.25, 0.3) is 0 Å². The number of rotatable bonds is 7. The molecular formula is C22H20FNO4. The summed E-state index contributed by atoms with van der Waals surface area (Å²) in [4.78, 5) is 24.1. The van der Waals surface area contributed by atoms with Gasteiger partial charge in [0.05, 0.1) is 6.42 Å². The largest absolute Gasteiger partial charge is 0.459 e. The normalized spacial score (nSPS) is 10.7. The molecule has 0 aliphatic rings. The van der Waals surface area contributed by atoms with Crippen LogP contribution in [0.3, 0.4) is 0 Å². The van der Waals surface area contributed by atoms with Crippen molar-refractivity contribution < 1.29 is 23.2 Å². The Hall–Kier alpha value is -3.28. The summed E-state index contributed by atoms with van der Waals surface area (Å²) in [6, 6.07) is 13.1. The van der Waals surface area contributed by atoms with Crippen LogP contribution in [0.1, 0.15) is 40.0 Å². The van der Waals surface area contributed by atoms with E-state index in [2.05, 4.69) is 5.16 Å². The number of aryl methyl sites for hydroxylation is 1. The predicted octanol–water partition coefficient (Wildman–Crippen LogP) is 4.80. The second-order valence-corrected chi connectivity index (χ2v) is 6.54. The number of aromatic nitrogens is 1. The number of carbonyl (C=O) groups excluding carboxylic acids is 2. The van der Waals surface area contributed by atoms with E-state index in [9.17, 15) is 14.0 Å². The van der Waals surface area contributed by atoms with Crippen LogP contribution in [0.4, 0.5) is 4.39 Å². The van der Waals surface area contributed by atoms with E-state index in [1.165, 1.54) is 12.1 Å². The van der Waals surface area contributed by atoms with Gasteiger partial charge in [-0.3, -0.25) is 9.59 Å². The molecule has 0 fully saturated rings. The molecule has 0 spiro atoms. The second kappa shape index (κ2) is 8.61. The Morgan fingerprint density at radius 2 is 1.68 bits per heavy atom. The van der Waals surface area contributed by atoms with Crippen LogP contribution in [-0.4, -0.2) is 16.9 Å². The van der Waals surface area contributed by atoms with Crippen molar-refractivity contribution in [3.05, 3.63) is 76.7 Å². The number of ether oxygens (including phenoxy) is 1. The zero-order chi connectivity index (χ0) is 20.1. The summed E-state index contributed by atoms with van der Waals surface area (Å²) in [5.74, 6) is -0.421. The Balaban J connectivity index is 1.53. The molecule has 0 radical (unpaired) electrons. The van der Waals surface area contributed by atoms with Crippen molar-refractivity contribution in [3.63, 3.8) is 0 Å². The molecule has 0 unspecified atom stereocenters. The highest BCUT2D eigenvalue weighted by Gasteiger charge is 2.16. The van der Waals surface area contributed by atoms with Gasteiger partial charge in [0.15, 0.2) is 11.5 Å².